The van der Waals surface area contributed by atoms with Crippen LogP contribution >= 0.6 is 0 Å². The molecular weight excluding hydrogens is 268 g/mol. The molecule has 0 radical (unpaired) electrons. The van der Waals surface area contributed by atoms with E-state index in [-0.39, 0.29) is 17.4 Å². The minimum absolute atomic E-state index is 0.0624. The van der Waals surface area contributed by atoms with Gasteiger partial charge in [0.25, 0.3) is 0 Å². The molecule has 2 atom stereocenters. The van der Waals surface area contributed by atoms with Crippen molar-refractivity contribution in [3.63, 3.8) is 0 Å². The van der Waals surface area contributed by atoms with Crippen LogP contribution in [-0.4, -0.2) is 55.0 Å². The second kappa shape index (κ2) is 6.97. The largest absolute Gasteiger partial charge is 0.465 e. The summed E-state index contributed by atoms with van der Waals surface area (Å²) in [4.78, 5) is 12.8. The third kappa shape index (κ3) is 4.58. The van der Waals surface area contributed by atoms with E-state index in [1.54, 1.807) is 4.90 Å². The second-order valence-electron chi connectivity index (χ2n) is 7.55. The monoisotopic (exact) mass is 298 g/mol. The van der Waals surface area contributed by atoms with Gasteiger partial charge in [-0.25, -0.2) is 4.79 Å². The molecule has 2 fully saturated rings. The number of nitrogens with one attached hydrogen (secondary N) is 1. The van der Waals surface area contributed by atoms with Gasteiger partial charge in [0.05, 0.1) is 6.10 Å². The number of nitrogens with zero attached hydrogens (tertiary/aromatic N) is 1. The molecule has 2 N–H and O–H groups in total. The topological polar surface area (TPSA) is 61.8 Å². The van der Waals surface area contributed by atoms with E-state index >= 15 is 0 Å². The molecule has 0 spiro atoms. The summed E-state index contributed by atoms with van der Waals surface area (Å²) in [6, 6.07) is 0. The predicted octanol–water partition coefficient (Wildman–Crippen LogP) is 2.42. The Hall–Kier alpha value is -0.810. The Morgan fingerprint density at radius 3 is 2.52 bits per heavy atom. The van der Waals surface area contributed by atoms with Crippen LogP contribution in [0, 0.1) is 17.3 Å². The maximum absolute atomic E-state index is 11.2. The summed E-state index contributed by atoms with van der Waals surface area (Å²) in [6.45, 7) is 10.8. The molecule has 5 nitrogen and oxygen atoms in total. The van der Waals surface area contributed by atoms with Crippen LogP contribution < -0.4 is 5.32 Å². The first-order valence-corrected chi connectivity index (χ1v) is 8.18. The summed E-state index contributed by atoms with van der Waals surface area (Å²) in [7, 11) is 0. The van der Waals surface area contributed by atoms with E-state index in [0.717, 1.165) is 26.1 Å². The molecule has 0 bridgehead atoms. The molecule has 2 rings (SSSR count). The van der Waals surface area contributed by atoms with Gasteiger partial charge in [0, 0.05) is 25.6 Å². The standard InChI is InChI=1S/C16H30N2O3/c1-16(2,3)13-10-18(15(19)20)9-6-14(13)21-11-12-4-7-17-8-5-12/h12-14,17H,4-11H2,1-3H3,(H,19,20). The molecule has 0 aliphatic carbocycles. The minimum atomic E-state index is -0.805. The normalized spacial score (nSPS) is 28.6. The number of ether oxygens (including phenoxy) is 1. The Bertz CT molecular complexity index is 348. The summed E-state index contributed by atoms with van der Waals surface area (Å²) < 4.78 is 6.24. The van der Waals surface area contributed by atoms with Crippen molar-refractivity contribution in [2.75, 3.05) is 32.8 Å². The molecule has 0 aromatic heterocycles. The zero-order valence-corrected chi connectivity index (χ0v) is 13.6. The van der Waals surface area contributed by atoms with Gasteiger partial charge in [-0.2, -0.15) is 0 Å². The minimum Gasteiger partial charge on any atom is -0.465 e. The summed E-state index contributed by atoms with van der Waals surface area (Å²) in [5, 5.41) is 12.6. The zero-order chi connectivity index (χ0) is 15.5. The van der Waals surface area contributed by atoms with E-state index in [2.05, 4.69) is 26.1 Å². The van der Waals surface area contributed by atoms with E-state index in [1.807, 2.05) is 0 Å². The second-order valence-corrected chi connectivity index (χ2v) is 7.55. The number of likely N-dealkylation sites (tertiary alicyclic amines) is 1. The van der Waals surface area contributed by atoms with Gasteiger partial charge in [-0.1, -0.05) is 20.8 Å². The molecule has 2 heterocycles. The Kier molecular flexibility index (Phi) is 5.49. The lowest BCUT2D eigenvalue weighted by Gasteiger charge is -2.44. The highest BCUT2D eigenvalue weighted by Gasteiger charge is 2.39. The Morgan fingerprint density at radius 1 is 1.29 bits per heavy atom. The van der Waals surface area contributed by atoms with Crippen molar-refractivity contribution < 1.29 is 14.6 Å². The average molecular weight is 298 g/mol. The maximum Gasteiger partial charge on any atom is 0.407 e. The summed E-state index contributed by atoms with van der Waals surface area (Å²) in [5.41, 5.74) is 0.0624. The summed E-state index contributed by atoms with van der Waals surface area (Å²) in [5.74, 6) is 0.924. The number of hydrogen-bond donors (Lipinski definition) is 2. The van der Waals surface area contributed by atoms with E-state index in [0.29, 0.717) is 19.0 Å². The number of rotatable bonds is 3. The van der Waals surface area contributed by atoms with Crippen molar-refractivity contribution in [3.8, 4) is 0 Å². The highest BCUT2D eigenvalue weighted by atomic mass is 16.5. The highest BCUT2D eigenvalue weighted by Crippen LogP contribution is 2.35. The number of amides is 1. The summed E-state index contributed by atoms with van der Waals surface area (Å²) in [6.07, 6.45) is 2.58. The van der Waals surface area contributed by atoms with E-state index in [4.69, 9.17) is 4.74 Å². The molecule has 122 valence electrons. The number of piperidine rings is 2. The van der Waals surface area contributed by atoms with Crippen molar-refractivity contribution in [2.45, 2.75) is 46.1 Å². The van der Waals surface area contributed by atoms with Gasteiger partial charge in [0.15, 0.2) is 0 Å². The number of carbonyl (C=O) groups is 1. The van der Waals surface area contributed by atoms with Crippen LogP contribution in [-0.2, 0) is 4.74 Å². The Labute approximate surface area is 128 Å². The van der Waals surface area contributed by atoms with Gasteiger partial charge < -0.3 is 20.1 Å². The first-order chi connectivity index (χ1) is 9.88. The number of carboxylic acid groups (broad SMARTS) is 1. The first kappa shape index (κ1) is 16.6. The maximum atomic E-state index is 11.2. The van der Waals surface area contributed by atoms with E-state index in [9.17, 15) is 9.90 Å². The molecule has 0 aromatic rings. The molecule has 21 heavy (non-hydrogen) atoms. The molecule has 0 saturated carbocycles. The van der Waals surface area contributed by atoms with Crippen LogP contribution in [0.3, 0.4) is 0 Å². The van der Waals surface area contributed by atoms with E-state index < -0.39 is 6.09 Å². The Morgan fingerprint density at radius 2 is 1.95 bits per heavy atom. The van der Waals surface area contributed by atoms with Crippen molar-refractivity contribution in [3.05, 3.63) is 0 Å². The fraction of sp³-hybridized carbons (Fsp3) is 0.938. The van der Waals surface area contributed by atoms with Crippen LogP contribution in [0.2, 0.25) is 0 Å². The Balaban J connectivity index is 1.91. The van der Waals surface area contributed by atoms with Crippen LogP contribution in [0.5, 0.6) is 0 Å². The van der Waals surface area contributed by atoms with Crippen molar-refractivity contribution in [1.82, 2.24) is 10.2 Å². The zero-order valence-electron chi connectivity index (χ0n) is 13.6. The third-order valence-corrected chi connectivity index (χ3v) is 4.94. The molecule has 2 saturated heterocycles. The van der Waals surface area contributed by atoms with Crippen molar-refractivity contribution in [1.29, 1.82) is 0 Å². The lowest BCUT2D eigenvalue weighted by Crippen LogP contribution is -2.51. The van der Waals surface area contributed by atoms with Gasteiger partial charge in [-0.05, 0) is 43.7 Å². The van der Waals surface area contributed by atoms with Crippen molar-refractivity contribution >= 4 is 6.09 Å². The fourth-order valence-electron chi connectivity index (χ4n) is 3.44. The number of hydrogen-bond acceptors (Lipinski definition) is 3. The van der Waals surface area contributed by atoms with Crippen LogP contribution in [0.4, 0.5) is 4.79 Å². The molecule has 2 aliphatic heterocycles. The highest BCUT2D eigenvalue weighted by molar-refractivity contribution is 5.65. The molecular formula is C16H30N2O3. The molecule has 2 aliphatic rings. The van der Waals surface area contributed by atoms with Crippen LogP contribution in [0.1, 0.15) is 40.0 Å². The van der Waals surface area contributed by atoms with Gasteiger partial charge in [0.1, 0.15) is 0 Å². The SMILES string of the molecule is CC(C)(C)C1CN(C(=O)O)CCC1OCC1CCNCC1. The first-order valence-electron chi connectivity index (χ1n) is 8.18. The van der Waals surface area contributed by atoms with E-state index in [1.165, 1.54) is 12.8 Å². The summed E-state index contributed by atoms with van der Waals surface area (Å²) >= 11 is 0. The predicted molar refractivity (Wildman–Crippen MR) is 82.5 cm³/mol. The average Bonchev–Trinajstić information content (AvgIpc) is 2.45. The molecule has 5 heteroatoms. The fourth-order valence-corrected chi connectivity index (χ4v) is 3.44. The van der Waals surface area contributed by atoms with Gasteiger partial charge in [0.2, 0.25) is 0 Å². The third-order valence-electron chi connectivity index (χ3n) is 4.94. The van der Waals surface area contributed by atoms with Crippen LogP contribution in [0.25, 0.3) is 0 Å². The van der Waals surface area contributed by atoms with Gasteiger partial charge >= 0.3 is 6.09 Å². The lowest BCUT2D eigenvalue weighted by atomic mass is 9.74. The smallest absolute Gasteiger partial charge is 0.407 e. The molecule has 0 aromatic carbocycles. The van der Waals surface area contributed by atoms with Crippen molar-refractivity contribution in [2.24, 2.45) is 17.3 Å². The molecule has 2 unspecified atom stereocenters. The van der Waals surface area contributed by atoms with Gasteiger partial charge in [-0.3, -0.25) is 0 Å². The van der Waals surface area contributed by atoms with Crippen LogP contribution in [0.15, 0.2) is 0 Å². The lowest BCUT2D eigenvalue weighted by molar-refractivity contribution is -0.0758. The van der Waals surface area contributed by atoms with Gasteiger partial charge in [-0.15, -0.1) is 0 Å². The molecule has 1 amide bonds. The quantitative estimate of drug-likeness (QED) is 0.840.